The Balaban J connectivity index is 0.00000264. The first-order valence-electron chi connectivity index (χ1n) is 7.99. The van der Waals surface area contributed by atoms with E-state index in [9.17, 15) is 8.42 Å². The summed E-state index contributed by atoms with van der Waals surface area (Å²) in [5.74, 6) is 0.367. The zero-order valence-electron chi connectivity index (χ0n) is 13.6. The predicted molar refractivity (Wildman–Crippen MR) is 94.9 cm³/mol. The molecule has 1 aromatic carbocycles. The van der Waals surface area contributed by atoms with Gasteiger partial charge in [0.05, 0.1) is 7.11 Å². The Hall–Kier alpha value is -0.820. The third kappa shape index (κ3) is 6.30. The van der Waals surface area contributed by atoms with Gasteiger partial charge in [-0.15, -0.1) is 12.4 Å². The average Bonchev–Trinajstić information content (AvgIpc) is 2.80. The van der Waals surface area contributed by atoms with E-state index < -0.39 is 10.0 Å². The number of nitrogens with one attached hydrogen (secondary N) is 2. The van der Waals surface area contributed by atoms with Crippen LogP contribution in [0.25, 0.3) is 0 Å². The highest BCUT2D eigenvalue weighted by atomic mass is 35.5. The van der Waals surface area contributed by atoms with Gasteiger partial charge in [-0.2, -0.15) is 0 Å². The first-order valence-corrected chi connectivity index (χ1v) is 9.48. The van der Waals surface area contributed by atoms with Crippen molar-refractivity contribution < 1.29 is 13.2 Å². The lowest BCUT2D eigenvalue weighted by Gasteiger charge is -2.16. The molecule has 1 aliphatic carbocycles. The molecule has 1 aliphatic rings. The minimum absolute atomic E-state index is 0. The molecule has 0 aromatic heterocycles. The molecule has 0 heterocycles. The van der Waals surface area contributed by atoms with E-state index in [2.05, 4.69) is 10.0 Å². The van der Waals surface area contributed by atoms with Crippen LogP contribution in [0, 0.1) is 0 Å². The number of benzene rings is 1. The summed E-state index contributed by atoms with van der Waals surface area (Å²) in [6, 6.07) is 7.18. The Morgan fingerprint density at radius 1 is 1.09 bits per heavy atom. The van der Waals surface area contributed by atoms with E-state index in [0.717, 1.165) is 0 Å². The Kier molecular flexibility index (Phi) is 8.91. The predicted octanol–water partition coefficient (Wildman–Crippen LogP) is 2.71. The maximum absolute atomic E-state index is 12.3. The molecule has 0 aliphatic heterocycles. The largest absolute Gasteiger partial charge is 0.495 e. The number of hydrogen-bond donors (Lipinski definition) is 2. The fourth-order valence-electron chi connectivity index (χ4n) is 2.86. The van der Waals surface area contributed by atoms with Crippen LogP contribution in [0.4, 0.5) is 0 Å². The highest BCUT2D eigenvalue weighted by molar-refractivity contribution is 7.89. The van der Waals surface area contributed by atoms with Gasteiger partial charge in [-0.1, -0.05) is 37.8 Å². The summed E-state index contributed by atoms with van der Waals surface area (Å²) in [4.78, 5) is 0.187. The zero-order chi connectivity index (χ0) is 15.8. The average molecular weight is 363 g/mol. The molecule has 0 spiro atoms. The van der Waals surface area contributed by atoms with Gasteiger partial charge in [0.25, 0.3) is 0 Å². The van der Waals surface area contributed by atoms with E-state index in [4.69, 9.17) is 4.74 Å². The third-order valence-electron chi connectivity index (χ3n) is 4.06. The number of methoxy groups -OCH3 is 1. The van der Waals surface area contributed by atoms with Crippen LogP contribution < -0.4 is 14.8 Å². The van der Waals surface area contributed by atoms with Crippen molar-refractivity contribution in [3.8, 4) is 5.75 Å². The molecule has 1 saturated carbocycles. The van der Waals surface area contributed by atoms with Gasteiger partial charge in [0.1, 0.15) is 10.6 Å². The Bertz CT molecular complexity index is 558. The molecule has 0 atom stereocenters. The van der Waals surface area contributed by atoms with Gasteiger partial charge in [-0.25, -0.2) is 13.1 Å². The van der Waals surface area contributed by atoms with Crippen LogP contribution in [-0.2, 0) is 10.0 Å². The van der Waals surface area contributed by atoms with E-state index >= 15 is 0 Å². The monoisotopic (exact) mass is 362 g/mol. The Labute approximate surface area is 145 Å². The maximum atomic E-state index is 12.3. The van der Waals surface area contributed by atoms with Crippen molar-refractivity contribution in [1.82, 2.24) is 10.0 Å². The summed E-state index contributed by atoms with van der Waals surface area (Å²) in [6.07, 6.45) is 7.56. The van der Waals surface area contributed by atoms with Crippen molar-refractivity contribution >= 4 is 22.4 Å². The standard InChI is InChI=1S/C16H26N2O3S.ClH/c1-21-15-10-6-7-11-16(15)22(19,20)18-13-12-17-14-8-4-2-3-5-9-14;/h6-7,10-11,14,17-18H,2-5,8-9,12-13H2,1H3;1H. The van der Waals surface area contributed by atoms with E-state index in [1.807, 2.05) is 0 Å². The Morgan fingerprint density at radius 2 is 1.74 bits per heavy atom. The van der Waals surface area contributed by atoms with Crippen molar-refractivity contribution in [2.75, 3.05) is 20.2 Å². The number of hydrogen-bond acceptors (Lipinski definition) is 4. The van der Waals surface area contributed by atoms with Crippen molar-refractivity contribution in [3.63, 3.8) is 0 Å². The van der Waals surface area contributed by atoms with Crippen LogP contribution in [0.5, 0.6) is 5.75 Å². The molecule has 132 valence electrons. The molecule has 0 unspecified atom stereocenters. The fraction of sp³-hybridized carbons (Fsp3) is 0.625. The first kappa shape index (κ1) is 20.2. The normalized spacial score (nSPS) is 16.4. The summed E-state index contributed by atoms with van der Waals surface area (Å²) in [5.41, 5.74) is 0. The molecule has 0 bridgehead atoms. The molecule has 23 heavy (non-hydrogen) atoms. The van der Waals surface area contributed by atoms with Gasteiger partial charge in [-0.05, 0) is 25.0 Å². The van der Waals surface area contributed by atoms with Gasteiger partial charge >= 0.3 is 0 Å². The van der Waals surface area contributed by atoms with Crippen LogP contribution >= 0.6 is 12.4 Å². The maximum Gasteiger partial charge on any atom is 0.244 e. The van der Waals surface area contributed by atoms with E-state index in [1.165, 1.54) is 45.6 Å². The minimum atomic E-state index is -3.53. The molecule has 1 aromatic rings. The molecular weight excluding hydrogens is 336 g/mol. The van der Waals surface area contributed by atoms with E-state index in [1.54, 1.807) is 24.3 Å². The minimum Gasteiger partial charge on any atom is -0.495 e. The molecule has 0 saturated heterocycles. The summed E-state index contributed by atoms with van der Waals surface area (Å²) in [6.45, 7) is 1.04. The third-order valence-corrected chi connectivity index (χ3v) is 5.56. The van der Waals surface area contributed by atoms with Gasteiger partial charge in [0.2, 0.25) is 10.0 Å². The van der Waals surface area contributed by atoms with Crippen LogP contribution in [0.1, 0.15) is 38.5 Å². The lowest BCUT2D eigenvalue weighted by molar-refractivity contribution is 0.402. The SMILES string of the molecule is COc1ccccc1S(=O)(=O)NCCNC1CCCCCC1.Cl. The van der Waals surface area contributed by atoms with Crippen LogP contribution in [0.2, 0.25) is 0 Å². The fourth-order valence-corrected chi connectivity index (χ4v) is 4.06. The number of rotatable bonds is 7. The molecule has 0 amide bonds. The molecule has 7 heteroatoms. The molecule has 2 N–H and O–H groups in total. The second-order valence-corrected chi connectivity index (χ2v) is 7.43. The quantitative estimate of drug-likeness (QED) is 0.578. The lowest BCUT2D eigenvalue weighted by Crippen LogP contribution is -2.36. The highest BCUT2D eigenvalue weighted by Gasteiger charge is 2.18. The second-order valence-electron chi connectivity index (χ2n) is 5.69. The summed E-state index contributed by atoms with van der Waals surface area (Å²) in [7, 11) is -2.05. The second kappa shape index (κ2) is 10.1. The summed E-state index contributed by atoms with van der Waals surface area (Å²) in [5, 5.41) is 3.46. The molecule has 0 radical (unpaired) electrons. The summed E-state index contributed by atoms with van der Waals surface area (Å²) < 4.78 is 32.3. The smallest absolute Gasteiger partial charge is 0.244 e. The molecular formula is C16H27ClN2O3S. The van der Waals surface area contributed by atoms with Crippen LogP contribution in [-0.4, -0.2) is 34.7 Å². The number of halogens is 1. The van der Waals surface area contributed by atoms with Gasteiger partial charge < -0.3 is 10.1 Å². The molecule has 2 rings (SSSR count). The van der Waals surface area contributed by atoms with E-state index in [0.29, 0.717) is 24.9 Å². The molecule has 5 nitrogen and oxygen atoms in total. The lowest BCUT2D eigenvalue weighted by atomic mass is 10.1. The van der Waals surface area contributed by atoms with Crippen molar-refractivity contribution in [2.24, 2.45) is 0 Å². The Morgan fingerprint density at radius 3 is 2.39 bits per heavy atom. The topological polar surface area (TPSA) is 67.4 Å². The van der Waals surface area contributed by atoms with Gasteiger partial charge in [-0.3, -0.25) is 0 Å². The summed E-state index contributed by atoms with van der Waals surface area (Å²) >= 11 is 0. The van der Waals surface area contributed by atoms with Crippen LogP contribution in [0.15, 0.2) is 29.2 Å². The number of para-hydroxylation sites is 1. The first-order chi connectivity index (χ1) is 10.6. The van der Waals surface area contributed by atoms with E-state index in [-0.39, 0.29) is 17.3 Å². The number of sulfonamides is 1. The molecule has 1 fully saturated rings. The van der Waals surface area contributed by atoms with Gasteiger partial charge in [0, 0.05) is 19.1 Å². The van der Waals surface area contributed by atoms with Crippen molar-refractivity contribution in [3.05, 3.63) is 24.3 Å². The van der Waals surface area contributed by atoms with Crippen molar-refractivity contribution in [2.45, 2.75) is 49.5 Å². The number of ether oxygens (including phenoxy) is 1. The van der Waals surface area contributed by atoms with Crippen molar-refractivity contribution in [1.29, 1.82) is 0 Å². The van der Waals surface area contributed by atoms with Crippen LogP contribution in [0.3, 0.4) is 0 Å². The zero-order valence-corrected chi connectivity index (χ0v) is 15.2. The van der Waals surface area contributed by atoms with Gasteiger partial charge in [0.15, 0.2) is 0 Å². The highest BCUT2D eigenvalue weighted by Crippen LogP contribution is 2.22.